The van der Waals surface area contributed by atoms with E-state index < -0.39 is 52.0 Å². The fraction of sp³-hybridized carbons (Fsp3) is 0.696. The van der Waals surface area contributed by atoms with Crippen molar-refractivity contribution in [2.75, 3.05) is 27.3 Å². The lowest BCUT2D eigenvalue weighted by Crippen LogP contribution is -2.68. The van der Waals surface area contributed by atoms with E-state index in [1.54, 1.807) is 69.4 Å². The number of benzene rings is 1. The summed E-state index contributed by atoms with van der Waals surface area (Å²) in [6.45, 7) is 23.7. The van der Waals surface area contributed by atoms with Crippen LogP contribution in [0, 0.1) is 56.7 Å². The molecule has 400 valence electrons. The summed E-state index contributed by atoms with van der Waals surface area (Å²) in [4.78, 5) is 63.3. The molecule has 3 aromatic rings. The van der Waals surface area contributed by atoms with E-state index in [0.717, 1.165) is 63.4 Å². The van der Waals surface area contributed by atoms with Crippen LogP contribution in [0.3, 0.4) is 0 Å². The molecule has 5 fully saturated rings. The van der Waals surface area contributed by atoms with E-state index in [-0.39, 0.29) is 66.6 Å². The van der Waals surface area contributed by atoms with E-state index >= 15 is 0 Å². The number of amides is 3. The van der Waals surface area contributed by atoms with Crippen LogP contribution in [0.25, 0.3) is 0 Å². The predicted octanol–water partition coefficient (Wildman–Crippen LogP) is 8.23. The average molecular weight is 1010 g/mol. The van der Waals surface area contributed by atoms with Gasteiger partial charge in [-0.2, -0.15) is 0 Å². The number of aromatic amines is 1. The van der Waals surface area contributed by atoms with Gasteiger partial charge in [0.25, 0.3) is 0 Å². The maximum absolute atomic E-state index is 14.5. The van der Waals surface area contributed by atoms with E-state index in [9.17, 15) is 29.4 Å². The van der Waals surface area contributed by atoms with Crippen molar-refractivity contribution in [1.82, 2.24) is 40.5 Å². The number of aliphatic carboxylic acids is 1. The molecule has 0 aliphatic heterocycles. The second-order valence-electron chi connectivity index (χ2n) is 24.8. The number of carboxylic acid groups (broad SMARTS) is 1. The van der Waals surface area contributed by atoms with Crippen LogP contribution in [0.2, 0.25) is 0 Å². The van der Waals surface area contributed by atoms with Crippen LogP contribution < -0.4 is 20.1 Å². The summed E-state index contributed by atoms with van der Waals surface area (Å²) in [6.07, 6.45) is 13.0. The number of hydrogen-bond donors (Lipinski definition) is 5. The number of carbonyl (C=O) groups is 4. The van der Waals surface area contributed by atoms with E-state index in [4.69, 9.17) is 14.2 Å². The fourth-order valence-corrected chi connectivity index (χ4v) is 15.9. The zero-order valence-electron chi connectivity index (χ0n) is 45.2. The zero-order chi connectivity index (χ0) is 53.1. The number of carboxylic acids is 1. The third-order valence-electron chi connectivity index (χ3n) is 19.8. The van der Waals surface area contributed by atoms with Gasteiger partial charge in [-0.05, 0) is 150 Å². The van der Waals surface area contributed by atoms with Gasteiger partial charge in [-0.1, -0.05) is 52.0 Å². The topological polar surface area (TPSA) is 223 Å². The molecule has 5 aliphatic rings. The minimum absolute atomic E-state index is 0.00122. The number of imidazole rings is 1. The molecular weight excluding hydrogens is 929 g/mol. The Kier molecular flexibility index (Phi) is 14.5. The Labute approximate surface area is 431 Å². The number of allylic oxidation sites excluding steroid dienone is 1. The molecule has 0 spiro atoms. The molecule has 8 rings (SSSR count). The largest absolute Gasteiger partial charge is 0.497 e. The minimum Gasteiger partial charge on any atom is -0.497 e. The van der Waals surface area contributed by atoms with Crippen molar-refractivity contribution in [3.63, 3.8) is 0 Å². The van der Waals surface area contributed by atoms with Crippen LogP contribution in [-0.2, 0) is 44.2 Å². The van der Waals surface area contributed by atoms with Gasteiger partial charge in [0.05, 0.1) is 38.9 Å². The third-order valence-corrected chi connectivity index (χ3v) is 19.8. The van der Waals surface area contributed by atoms with Crippen molar-refractivity contribution in [2.24, 2.45) is 56.7 Å². The number of hydrogen-bond acceptors (Lipinski definition) is 11. The first-order chi connectivity index (χ1) is 34.3. The molecule has 1 aromatic carbocycles. The molecule has 0 unspecified atom stereocenters. The Bertz CT molecular complexity index is 2560. The van der Waals surface area contributed by atoms with E-state index in [1.807, 2.05) is 0 Å². The number of H-pyrrole nitrogens is 1. The molecule has 3 amide bonds. The second-order valence-corrected chi connectivity index (χ2v) is 24.8. The summed E-state index contributed by atoms with van der Waals surface area (Å²) >= 11 is 0. The first kappa shape index (κ1) is 53.8. The smallest absolute Gasteiger partial charge is 0.408 e. The van der Waals surface area contributed by atoms with Crippen molar-refractivity contribution in [2.45, 2.75) is 163 Å². The summed E-state index contributed by atoms with van der Waals surface area (Å²) in [5, 5.41) is 38.5. The second kappa shape index (κ2) is 19.7. The summed E-state index contributed by atoms with van der Waals surface area (Å²) in [7, 11) is 3.05. The fourth-order valence-electron chi connectivity index (χ4n) is 15.9. The van der Waals surface area contributed by atoms with E-state index in [1.165, 1.54) is 12.0 Å². The van der Waals surface area contributed by atoms with Crippen LogP contribution in [0.5, 0.6) is 11.5 Å². The quantitative estimate of drug-likeness (QED) is 0.0857. The molecule has 17 heteroatoms. The Morgan fingerprint density at radius 2 is 1.71 bits per heavy atom. The molecule has 5 aliphatic carbocycles. The first-order valence-corrected chi connectivity index (χ1v) is 26.5. The van der Waals surface area contributed by atoms with Crippen molar-refractivity contribution in [3.05, 3.63) is 66.0 Å². The van der Waals surface area contributed by atoms with E-state index in [0.29, 0.717) is 46.8 Å². The molecule has 2 heterocycles. The molecule has 17 nitrogen and oxygen atoms in total. The van der Waals surface area contributed by atoms with Crippen LogP contribution in [0.15, 0.2) is 48.9 Å². The Hall–Kier alpha value is -5.45. The standard InChI is InChI=1S/C56H82N8O9/c1-34(2)37-17-20-55(48(67)68)23-22-53(9)38(46(37)55)15-16-42-52(8)21-24-56(70,51(6,7)41(52)18-19-54(42,53)10)43-32-64(62-61-43)28-27-59-45(65)33-63(31-35-13-14-36(71-11)29-40(35)72-12)47(66)39(30-44-57-25-26-58-44)60-49(69)73-50(3,4)5/h13-14,25-26,29,32,37-39,41-42,46,70H,1,15-24,27-28,30-31,33H2,2-12H3,(H,57,58)(H,59,65)(H,60,69)(H,67,68)/t37-,38+,39+,41-,42+,46+,52-,53+,54+,55-,56+/m0/s1. The Morgan fingerprint density at radius 1 is 0.959 bits per heavy atom. The molecule has 73 heavy (non-hydrogen) atoms. The van der Waals surface area contributed by atoms with E-state index in [2.05, 4.69) is 79.0 Å². The number of ether oxygens (including phenoxy) is 3. The van der Waals surface area contributed by atoms with Gasteiger partial charge >= 0.3 is 12.1 Å². The third kappa shape index (κ3) is 9.42. The first-order valence-electron chi connectivity index (χ1n) is 26.5. The van der Waals surface area contributed by atoms with Crippen LogP contribution >= 0.6 is 0 Å². The van der Waals surface area contributed by atoms with Gasteiger partial charge in [0.15, 0.2) is 0 Å². The van der Waals surface area contributed by atoms with Gasteiger partial charge < -0.3 is 44.9 Å². The number of methoxy groups -OCH3 is 2. The normalized spacial score (nSPS) is 32.6. The Balaban J connectivity index is 0.954. The van der Waals surface area contributed by atoms with Gasteiger partial charge in [0.1, 0.15) is 40.3 Å². The van der Waals surface area contributed by atoms with Crippen LogP contribution in [0.1, 0.15) is 144 Å². The summed E-state index contributed by atoms with van der Waals surface area (Å²) in [5.41, 5.74) is -1.03. The summed E-state index contributed by atoms with van der Waals surface area (Å²) in [5.74, 6) is 1.21. The molecule has 0 bridgehead atoms. The highest BCUT2D eigenvalue weighted by Crippen LogP contribution is 2.78. The number of fused-ring (bicyclic) bond motifs is 7. The van der Waals surface area contributed by atoms with Crippen LogP contribution in [0.4, 0.5) is 4.79 Å². The SMILES string of the molecule is C=C(C)[C@@H]1CC[C@]2(C(=O)O)CC[C@]3(C)[C@H](CC[C@@H]4[C@@]5(C)CC[C@@](O)(c6cn(CCNC(=O)CN(Cc7ccc(OC)cc7OC)C(=O)[C@@H](Cc7ncc[nH]7)NC(=O)OC(C)(C)C)nn6)C(C)(C)[C@@H]5CC[C@]43C)[C@@H]12. The molecular formula is C56H82N8O9. The monoisotopic (exact) mass is 1010 g/mol. The number of rotatable bonds is 16. The average Bonchev–Trinajstić information content (AvgIpc) is 4.11. The van der Waals surface area contributed by atoms with Crippen molar-refractivity contribution in [1.29, 1.82) is 0 Å². The molecule has 0 saturated heterocycles. The number of carbonyl (C=O) groups excluding carboxylic acids is 3. The van der Waals surface area contributed by atoms with Crippen molar-refractivity contribution >= 4 is 23.9 Å². The van der Waals surface area contributed by atoms with Gasteiger partial charge in [-0.15, -0.1) is 5.10 Å². The highest BCUT2D eigenvalue weighted by atomic mass is 16.6. The molecule has 0 radical (unpaired) electrons. The van der Waals surface area contributed by atoms with Gasteiger partial charge in [0, 0.05) is 48.9 Å². The lowest BCUT2D eigenvalue weighted by atomic mass is 9.31. The highest BCUT2D eigenvalue weighted by molar-refractivity contribution is 5.90. The number of nitrogens with one attached hydrogen (secondary N) is 3. The van der Waals surface area contributed by atoms with Gasteiger partial charge in [0.2, 0.25) is 11.8 Å². The molecule has 5 N–H and O–H groups in total. The summed E-state index contributed by atoms with van der Waals surface area (Å²) in [6, 6.07) is 4.06. The van der Waals surface area contributed by atoms with Crippen LogP contribution in [-0.4, -0.2) is 103 Å². The van der Waals surface area contributed by atoms with Crippen molar-refractivity contribution in [3.8, 4) is 11.5 Å². The predicted molar refractivity (Wildman–Crippen MR) is 274 cm³/mol. The number of aliphatic hydroxyl groups is 1. The number of aromatic nitrogens is 5. The maximum atomic E-state index is 14.5. The minimum atomic E-state index is -1.25. The zero-order valence-corrected chi connectivity index (χ0v) is 45.2. The molecule has 5 saturated carbocycles. The number of alkyl carbamates (subject to hydrolysis) is 1. The van der Waals surface area contributed by atoms with Gasteiger partial charge in [-0.3, -0.25) is 19.1 Å². The van der Waals surface area contributed by atoms with Gasteiger partial charge in [-0.25, -0.2) is 9.78 Å². The maximum Gasteiger partial charge on any atom is 0.408 e. The molecule has 2 aromatic heterocycles. The lowest BCUT2D eigenvalue weighted by Gasteiger charge is -2.73. The summed E-state index contributed by atoms with van der Waals surface area (Å²) < 4.78 is 18.2. The lowest BCUT2D eigenvalue weighted by molar-refractivity contribution is -0.268. The Morgan fingerprint density at radius 3 is 2.37 bits per heavy atom. The molecule has 11 atom stereocenters. The van der Waals surface area contributed by atoms with Crippen molar-refractivity contribution < 1.29 is 43.6 Å². The highest BCUT2D eigenvalue weighted by Gasteiger charge is 2.73. The number of nitrogens with zero attached hydrogens (tertiary/aromatic N) is 5.